The summed E-state index contributed by atoms with van der Waals surface area (Å²) in [5, 5.41) is 0. The van der Waals surface area contributed by atoms with Crippen LogP contribution in [-0.2, 0) is 19.0 Å². The number of hydrogen-bond acceptors (Lipinski definition) is 5. The molecule has 0 N–H and O–H groups in total. The van der Waals surface area contributed by atoms with Gasteiger partial charge in [-0.05, 0) is 0 Å². The maximum absolute atomic E-state index is 11.6. The van der Waals surface area contributed by atoms with Crippen molar-refractivity contribution in [1.29, 1.82) is 0 Å². The minimum Gasteiger partial charge on any atom is -0.429 e. The largest absolute Gasteiger partial charge is 0.534 e. The molecule has 0 bridgehead atoms. The first-order chi connectivity index (χ1) is 6.20. The van der Waals surface area contributed by atoms with Crippen molar-refractivity contribution in [2.24, 2.45) is 0 Å². The number of halogens is 3. The lowest BCUT2D eigenvalue weighted by Crippen LogP contribution is -2.28. The van der Waals surface area contributed by atoms with E-state index in [-0.39, 0.29) is 0 Å². The van der Waals surface area contributed by atoms with Gasteiger partial charge in [0, 0.05) is 0 Å². The van der Waals surface area contributed by atoms with Gasteiger partial charge in [-0.1, -0.05) is 12.7 Å². The molecule has 0 rings (SSSR count). The van der Waals surface area contributed by atoms with E-state index < -0.39 is 28.4 Å². The first kappa shape index (κ1) is 12.8. The van der Waals surface area contributed by atoms with Crippen LogP contribution < -0.4 is 0 Å². The molecule has 0 atom stereocenters. The highest BCUT2D eigenvalue weighted by atomic mass is 32.2. The van der Waals surface area contributed by atoms with Crippen molar-refractivity contribution < 1.29 is 35.3 Å². The number of hydrogen-bond donors (Lipinski definition) is 0. The number of rotatable bonds is 3. The minimum atomic E-state index is -5.94. The highest BCUT2D eigenvalue weighted by Crippen LogP contribution is 2.24. The Morgan fingerprint density at radius 1 is 1.43 bits per heavy atom. The molecular formula is C5H5F3O5S. The Bertz CT molecular complexity index is 317. The van der Waals surface area contributed by atoms with Crippen LogP contribution in [0.5, 0.6) is 0 Å². The molecule has 0 heterocycles. The molecule has 9 heteroatoms. The van der Waals surface area contributed by atoms with Crippen LogP contribution in [0.25, 0.3) is 0 Å². The predicted octanol–water partition coefficient (Wildman–Crippen LogP) is 1.18. The van der Waals surface area contributed by atoms with Gasteiger partial charge in [0.2, 0.25) is 0 Å². The maximum atomic E-state index is 11.6. The van der Waals surface area contributed by atoms with Crippen molar-refractivity contribution in [3.05, 3.63) is 12.7 Å². The molecule has 0 unspecified atom stereocenters. The molecule has 0 aromatic rings. The number of alkyl halides is 3. The van der Waals surface area contributed by atoms with Gasteiger partial charge in [0.05, 0.1) is 0 Å². The summed E-state index contributed by atoms with van der Waals surface area (Å²) < 4.78 is 61.9. The van der Waals surface area contributed by atoms with E-state index in [0.717, 1.165) is 6.08 Å². The Morgan fingerprint density at radius 2 is 1.93 bits per heavy atom. The zero-order chi connectivity index (χ0) is 11.4. The van der Waals surface area contributed by atoms with Crippen LogP contribution in [0.2, 0.25) is 0 Å². The highest BCUT2D eigenvalue weighted by molar-refractivity contribution is 7.88. The molecule has 82 valence electrons. The van der Waals surface area contributed by atoms with E-state index in [1.165, 1.54) is 0 Å². The van der Waals surface area contributed by atoms with E-state index in [0.29, 0.717) is 0 Å². The Morgan fingerprint density at radius 3 is 2.29 bits per heavy atom. The molecule has 5 nitrogen and oxygen atoms in total. The summed E-state index contributed by atoms with van der Waals surface area (Å²) in [5.74, 6) is 0. The van der Waals surface area contributed by atoms with Crippen LogP contribution in [0.1, 0.15) is 0 Å². The van der Waals surface area contributed by atoms with Crippen LogP contribution in [0, 0.1) is 0 Å². The van der Waals surface area contributed by atoms with Gasteiger partial charge in [0.25, 0.3) is 0 Å². The lowest BCUT2D eigenvalue weighted by molar-refractivity contribution is -0.0534. The molecule has 0 aromatic heterocycles. The lowest BCUT2D eigenvalue weighted by atomic mass is 10.7. The normalized spacial score (nSPS) is 11.9. The monoisotopic (exact) mass is 234 g/mol. The second-order valence-electron chi connectivity index (χ2n) is 1.83. The molecule has 0 aliphatic heterocycles. The summed E-state index contributed by atoms with van der Waals surface area (Å²) in [6.45, 7) is 2.62. The Hall–Kier alpha value is -1.25. The molecular weight excluding hydrogens is 229 g/mol. The summed E-state index contributed by atoms with van der Waals surface area (Å²) >= 11 is 0. The fourth-order valence-electron chi connectivity index (χ4n) is 0.288. The topological polar surface area (TPSA) is 69.7 Å². The first-order valence-corrected chi connectivity index (χ1v) is 4.40. The van der Waals surface area contributed by atoms with E-state index >= 15 is 0 Å². The first-order valence-electron chi connectivity index (χ1n) is 2.99. The highest BCUT2D eigenvalue weighted by Gasteiger charge is 2.50. The molecule has 14 heavy (non-hydrogen) atoms. The zero-order valence-corrected chi connectivity index (χ0v) is 7.39. The van der Waals surface area contributed by atoms with E-state index in [4.69, 9.17) is 0 Å². The van der Waals surface area contributed by atoms with Crippen molar-refractivity contribution in [3.8, 4) is 0 Å². The summed E-state index contributed by atoms with van der Waals surface area (Å²) in [4.78, 5) is 10.3. The Labute approximate surface area is 77.2 Å². The lowest BCUT2D eigenvalue weighted by Gasteiger charge is -2.07. The molecule has 0 amide bonds. The second kappa shape index (κ2) is 4.31. The molecule has 0 radical (unpaired) electrons. The number of ether oxygens (including phenoxy) is 1. The van der Waals surface area contributed by atoms with E-state index in [1.807, 2.05) is 0 Å². The summed E-state index contributed by atoms with van der Waals surface area (Å²) in [5.41, 5.74) is -5.65. The van der Waals surface area contributed by atoms with E-state index in [1.54, 1.807) is 0 Å². The zero-order valence-electron chi connectivity index (χ0n) is 6.57. The van der Waals surface area contributed by atoms with E-state index in [9.17, 15) is 26.4 Å². The van der Waals surface area contributed by atoms with Crippen molar-refractivity contribution >= 4 is 16.3 Å². The predicted molar refractivity (Wildman–Crippen MR) is 37.6 cm³/mol. The third-order valence-electron chi connectivity index (χ3n) is 0.780. The molecule has 0 aliphatic rings. The van der Waals surface area contributed by atoms with E-state index in [2.05, 4.69) is 15.5 Å². The fraction of sp³-hybridized carbons (Fsp3) is 0.400. The standard InChI is InChI=1S/C5H5F3O5S/c1-2-3-12-4(9)13-14(10,11)5(6,7)8/h2H,1,3H2. The molecule has 0 aromatic carbocycles. The SMILES string of the molecule is C=CCOC(=O)OS(=O)(=O)C(F)(F)F. The number of carbonyl (C=O) groups excluding carboxylic acids is 1. The van der Waals surface area contributed by atoms with Gasteiger partial charge in [0.1, 0.15) is 6.61 Å². The average Bonchev–Trinajstić information content (AvgIpc) is 1.97. The minimum absolute atomic E-state index is 0.452. The van der Waals surface area contributed by atoms with Gasteiger partial charge >= 0.3 is 21.8 Å². The average molecular weight is 234 g/mol. The maximum Gasteiger partial charge on any atom is 0.534 e. The van der Waals surface area contributed by atoms with Crippen molar-refractivity contribution in [2.45, 2.75) is 5.51 Å². The quantitative estimate of drug-likeness (QED) is 0.317. The van der Waals surface area contributed by atoms with Crippen LogP contribution in [0.3, 0.4) is 0 Å². The number of carbonyl (C=O) groups is 1. The molecule has 0 saturated carbocycles. The smallest absolute Gasteiger partial charge is 0.429 e. The van der Waals surface area contributed by atoms with Gasteiger partial charge in [0.15, 0.2) is 0 Å². The van der Waals surface area contributed by atoms with Gasteiger partial charge < -0.3 is 8.92 Å². The van der Waals surface area contributed by atoms with Crippen LogP contribution in [-0.4, -0.2) is 26.7 Å². The van der Waals surface area contributed by atoms with Crippen molar-refractivity contribution in [3.63, 3.8) is 0 Å². The fourth-order valence-corrected chi connectivity index (χ4v) is 0.610. The van der Waals surface area contributed by atoms with Gasteiger partial charge in [-0.2, -0.15) is 21.6 Å². The summed E-state index contributed by atoms with van der Waals surface area (Å²) in [7, 11) is -5.94. The Kier molecular flexibility index (Phi) is 3.93. The van der Waals surface area contributed by atoms with Crippen molar-refractivity contribution in [2.75, 3.05) is 6.61 Å². The second-order valence-corrected chi connectivity index (χ2v) is 3.37. The third kappa shape index (κ3) is 3.64. The van der Waals surface area contributed by atoms with Crippen LogP contribution in [0.15, 0.2) is 12.7 Å². The Balaban J connectivity index is 4.39. The van der Waals surface area contributed by atoms with Gasteiger partial charge in [-0.15, -0.1) is 0 Å². The third-order valence-corrected chi connectivity index (χ3v) is 1.70. The molecule has 0 aliphatic carbocycles. The molecule has 0 saturated heterocycles. The van der Waals surface area contributed by atoms with Gasteiger partial charge in [-0.3, -0.25) is 0 Å². The van der Waals surface area contributed by atoms with Crippen LogP contribution in [0.4, 0.5) is 18.0 Å². The molecule has 0 spiro atoms. The summed E-state index contributed by atoms with van der Waals surface area (Å²) in [6.07, 6.45) is -0.927. The summed E-state index contributed by atoms with van der Waals surface area (Å²) in [6, 6.07) is 0. The van der Waals surface area contributed by atoms with Crippen molar-refractivity contribution in [1.82, 2.24) is 0 Å². The van der Waals surface area contributed by atoms with Crippen LogP contribution >= 0.6 is 0 Å². The van der Waals surface area contributed by atoms with Gasteiger partial charge in [-0.25, -0.2) is 4.79 Å². The molecule has 0 fully saturated rings.